The van der Waals surface area contributed by atoms with Gasteiger partial charge in [-0.3, -0.25) is 4.68 Å². The molecule has 1 atom stereocenters. The third-order valence-corrected chi connectivity index (χ3v) is 3.60. The van der Waals surface area contributed by atoms with Gasteiger partial charge in [-0.15, -0.1) is 11.6 Å². The van der Waals surface area contributed by atoms with Crippen LogP contribution in [0.5, 0.6) is 0 Å². The molecule has 1 unspecified atom stereocenters. The molecule has 2 nitrogen and oxygen atoms in total. The Bertz CT molecular complexity index is 487. The van der Waals surface area contributed by atoms with Gasteiger partial charge < -0.3 is 0 Å². The summed E-state index contributed by atoms with van der Waals surface area (Å²) in [5.41, 5.74) is 3.84. The van der Waals surface area contributed by atoms with Gasteiger partial charge in [-0.25, -0.2) is 0 Å². The zero-order valence-corrected chi connectivity index (χ0v) is 11.7. The van der Waals surface area contributed by atoms with Crippen molar-refractivity contribution in [3.05, 3.63) is 53.3 Å². The van der Waals surface area contributed by atoms with E-state index in [2.05, 4.69) is 49.4 Å². The van der Waals surface area contributed by atoms with E-state index >= 15 is 0 Å². The van der Waals surface area contributed by atoms with Crippen LogP contribution in [-0.4, -0.2) is 15.7 Å². The molecule has 0 fully saturated rings. The highest BCUT2D eigenvalue weighted by molar-refractivity contribution is 6.18. The molecule has 0 bridgehead atoms. The maximum absolute atomic E-state index is 6.11. The molecule has 0 radical (unpaired) electrons. The first-order valence-corrected chi connectivity index (χ1v) is 6.90. The Hall–Kier alpha value is -1.28. The molecule has 0 aliphatic carbocycles. The van der Waals surface area contributed by atoms with Gasteiger partial charge in [0.2, 0.25) is 0 Å². The Labute approximate surface area is 114 Å². The standard InChI is InChI=1S/C15H19ClN2/c1-3-18-11-13(10-17-18)8-15(9-16)14-6-4-12(2)5-7-14/h4-7,10-11,15H,3,8-9H2,1-2H3. The van der Waals surface area contributed by atoms with Gasteiger partial charge in [0.15, 0.2) is 0 Å². The fourth-order valence-electron chi connectivity index (χ4n) is 2.07. The van der Waals surface area contributed by atoms with Gasteiger partial charge in [0.1, 0.15) is 0 Å². The van der Waals surface area contributed by atoms with Crippen LogP contribution in [0.4, 0.5) is 0 Å². The quantitative estimate of drug-likeness (QED) is 0.750. The van der Waals surface area contributed by atoms with E-state index in [1.165, 1.54) is 16.7 Å². The molecule has 0 aliphatic heterocycles. The minimum atomic E-state index is 0.363. The Kier molecular flexibility index (Phi) is 4.43. The van der Waals surface area contributed by atoms with Crippen LogP contribution >= 0.6 is 11.6 Å². The van der Waals surface area contributed by atoms with Crippen molar-refractivity contribution in [3.8, 4) is 0 Å². The number of aryl methyl sites for hydroxylation is 2. The van der Waals surface area contributed by atoms with E-state index in [-0.39, 0.29) is 0 Å². The Morgan fingerprint density at radius 2 is 2.00 bits per heavy atom. The van der Waals surface area contributed by atoms with Gasteiger partial charge >= 0.3 is 0 Å². The van der Waals surface area contributed by atoms with Crippen molar-refractivity contribution in [1.29, 1.82) is 0 Å². The Morgan fingerprint density at radius 1 is 1.28 bits per heavy atom. The second kappa shape index (κ2) is 6.05. The highest BCUT2D eigenvalue weighted by atomic mass is 35.5. The van der Waals surface area contributed by atoms with Gasteiger partial charge in [0.25, 0.3) is 0 Å². The maximum atomic E-state index is 6.11. The van der Waals surface area contributed by atoms with Crippen LogP contribution in [0.25, 0.3) is 0 Å². The van der Waals surface area contributed by atoms with Crippen LogP contribution in [0, 0.1) is 6.92 Å². The van der Waals surface area contributed by atoms with Crippen molar-refractivity contribution in [3.63, 3.8) is 0 Å². The molecular formula is C15H19ClN2. The summed E-state index contributed by atoms with van der Waals surface area (Å²) in [6.07, 6.45) is 5.00. The number of benzene rings is 1. The predicted molar refractivity (Wildman–Crippen MR) is 76.2 cm³/mol. The number of hydrogen-bond acceptors (Lipinski definition) is 1. The summed E-state index contributed by atoms with van der Waals surface area (Å²) < 4.78 is 1.95. The minimum Gasteiger partial charge on any atom is -0.273 e. The molecule has 0 saturated carbocycles. The lowest BCUT2D eigenvalue weighted by atomic mass is 9.94. The summed E-state index contributed by atoms with van der Waals surface area (Å²) in [5.74, 6) is 1.00. The topological polar surface area (TPSA) is 17.8 Å². The normalized spacial score (nSPS) is 12.6. The van der Waals surface area contributed by atoms with E-state index in [9.17, 15) is 0 Å². The zero-order chi connectivity index (χ0) is 13.0. The second-order valence-electron chi connectivity index (χ2n) is 4.67. The monoisotopic (exact) mass is 262 g/mol. The highest BCUT2D eigenvalue weighted by Crippen LogP contribution is 2.22. The van der Waals surface area contributed by atoms with Crippen LogP contribution in [0.1, 0.15) is 29.5 Å². The zero-order valence-electron chi connectivity index (χ0n) is 10.9. The SMILES string of the molecule is CCn1cc(CC(CCl)c2ccc(C)cc2)cn1. The molecule has 1 heterocycles. The van der Waals surface area contributed by atoms with Crippen molar-refractivity contribution in [2.45, 2.75) is 32.7 Å². The summed E-state index contributed by atoms with van der Waals surface area (Å²) in [6, 6.07) is 8.63. The molecular weight excluding hydrogens is 244 g/mol. The molecule has 1 aromatic carbocycles. The summed E-state index contributed by atoms with van der Waals surface area (Å²) in [6.45, 7) is 5.11. The Morgan fingerprint density at radius 3 is 2.56 bits per heavy atom. The van der Waals surface area contributed by atoms with E-state index in [4.69, 9.17) is 11.6 Å². The third kappa shape index (κ3) is 3.14. The molecule has 0 N–H and O–H groups in total. The maximum Gasteiger partial charge on any atom is 0.0521 e. The molecule has 1 aromatic heterocycles. The smallest absolute Gasteiger partial charge is 0.0521 e. The number of aromatic nitrogens is 2. The Balaban J connectivity index is 2.11. The van der Waals surface area contributed by atoms with Crippen molar-refractivity contribution in [1.82, 2.24) is 9.78 Å². The molecule has 2 rings (SSSR count). The van der Waals surface area contributed by atoms with Crippen LogP contribution in [0.2, 0.25) is 0 Å². The molecule has 18 heavy (non-hydrogen) atoms. The fraction of sp³-hybridized carbons (Fsp3) is 0.400. The van der Waals surface area contributed by atoms with Crippen molar-refractivity contribution in [2.24, 2.45) is 0 Å². The number of rotatable bonds is 5. The number of nitrogens with zero attached hydrogens (tertiary/aromatic N) is 2. The van der Waals surface area contributed by atoms with Crippen LogP contribution < -0.4 is 0 Å². The van der Waals surface area contributed by atoms with Gasteiger partial charge in [-0.1, -0.05) is 29.8 Å². The lowest BCUT2D eigenvalue weighted by Gasteiger charge is -2.13. The van der Waals surface area contributed by atoms with Crippen LogP contribution in [0.3, 0.4) is 0 Å². The fourth-order valence-corrected chi connectivity index (χ4v) is 2.36. The van der Waals surface area contributed by atoms with Crippen LogP contribution in [0.15, 0.2) is 36.7 Å². The summed E-state index contributed by atoms with van der Waals surface area (Å²) in [7, 11) is 0. The molecule has 3 heteroatoms. The largest absolute Gasteiger partial charge is 0.273 e. The van der Waals surface area contributed by atoms with Crippen LogP contribution in [-0.2, 0) is 13.0 Å². The first-order valence-electron chi connectivity index (χ1n) is 6.36. The van der Waals surface area contributed by atoms with E-state index in [1.54, 1.807) is 0 Å². The molecule has 96 valence electrons. The van der Waals surface area contributed by atoms with Crippen molar-refractivity contribution < 1.29 is 0 Å². The van der Waals surface area contributed by atoms with Gasteiger partial charge in [0, 0.05) is 24.5 Å². The first kappa shape index (κ1) is 13.2. The number of halogens is 1. The van der Waals surface area contributed by atoms with E-state index in [0.717, 1.165) is 13.0 Å². The molecule has 0 amide bonds. The lowest BCUT2D eigenvalue weighted by Crippen LogP contribution is -2.04. The van der Waals surface area contributed by atoms with Gasteiger partial charge in [0.05, 0.1) is 6.20 Å². The van der Waals surface area contributed by atoms with E-state index < -0.39 is 0 Å². The molecule has 0 spiro atoms. The summed E-state index contributed by atoms with van der Waals surface area (Å²) >= 11 is 6.11. The summed E-state index contributed by atoms with van der Waals surface area (Å²) in [4.78, 5) is 0. The summed E-state index contributed by atoms with van der Waals surface area (Å²) in [5, 5.41) is 4.30. The molecule has 0 saturated heterocycles. The third-order valence-electron chi connectivity index (χ3n) is 3.23. The predicted octanol–water partition coefficient (Wildman–Crippen LogP) is 3.78. The molecule has 0 aliphatic rings. The first-order chi connectivity index (χ1) is 8.72. The van der Waals surface area contributed by atoms with Gasteiger partial charge in [-0.2, -0.15) is 5.10 Å². The number of alkyl halides is 1. The number of hydrogen-bond donors (Lipinski definition) is 0. The average Bonchev–Trinajstić information content (AvgIpc) is 2.85. The lowest BCUT2D eigenvalue weighted by molar-refractivity contribution is 0.658. The van der Waals surface area contributed by atoms with Gasteiger partial charge in [-0.05, 0) is 31.4 Å². The van der Waals surface area contributed by atoms with Crippen molar-refractivity contribution in [2.75, 3.05) is 5.88 Å². The molecule has 2 aromatic rings. The van der Waals surface area contributed by atoms with E-state index in [1.807, 2.05) is 10.9 Å². The highest BCUT2D eigenvalue weighted by Gasteiger charge is 2.12. The second-order valence-corrected chi connectivity index (χ2v) is 4.98. The minimum absolute atomic E-state index is 0.363. The van der Waals surface area contributed by atoms with Crippen molar-refractivity contribution >= 4 is 11.6 Å². The average molecular weight is 263 g/mol. The van der Waals surface area contributed by atoms with E-state index in [0.29, 0.717) is 11.8 Å².